The third-order valence-electron chi connectivity index (χ3n) is 2.07. The van der Waals surface area contributed by atoms with Crippen LogP contribution in [-0.2, 0) is 4.79 Å². The molecule has 0 saturated heterocycles. The molecule has 0 fully saturated rings. The highest BCUT2D eigenvalue weighted by atomic mass is 35.5. The maximum absolute atomic E-state index is 11.1. The van der Waals surface area contributed by atoms with Crippen LogP contribution < -0.4 is 0 Å². The lowest BCUT2D eigenvalue weighted by molar-refractivity contribution is -0.115. The van der Waals surface area contributed by atoms with Gasteiger partial charge in [0.05, 0.1) is 5.38 Å². The van der Waals surface area contributed by atoms with Gasteiger partial charge in [0.25, 0.3) is 0 Å². The molecule has 1 atom stereocenters. The summed E-state index contributed by atoms with van der Waals surface area (Å²) >= 11 is 5.74. The van der Waals surface area contributed by atoms with Crippen LogP contribution in [0.1, 0.15) is 26.7 Å². The average Bonchev–Trinajstić information content (AvgIpc) is 1.93. The molecule has 10 heavy (non-hydrogen) atoms. The van der Waals surface area contributed by atoms with E-state index in [0.29, 0.717) is 0 Å². The number of rotatable bonds is 0. The van der Waals surface area contributed by atoms with Gasteiger partial charge in [-0.15, -0.1) is 11.6 Å². The van der Waals surface area contributed by atoms with Crippen LogP contribution in [-0.4, -0.2) is 11.2 Å². The van der Waals surface area contributed by atoms with Crippen LogP contribution in [0.2, 0.25) is 0 Å². The summed E-state index contributed by atoms with van der Waals surface area (Å²) < 4.78 is 0. The Balaban J connectivity index is 2.88. The summed E-state index contributed by atoms with van der Waals surface area (Å²) in [6.07, 6.45) is 1.79. The van der Waals surface area contributed by atoms with E-state index in [2.05, 4.69) is 0 Å². The second kappa shape index (κ2) is 2.75. The van der Waals surface area contributed by atoms with Gasteiger partial charge in [-0.3, -0.25) is 4.79 Å². The average molecular weight is 159 g/mol. The molecule has 1 unspecified atom stereocenters. The van der Waals surface area contributed by atoms with Crippen molar-refractivity contribution in [1.29, 1.82) is 0 Å². The summed E-state index contributed by atoms with van der Waals surface area (Å²) in [4.78, 5) is 11.1. The summed E-state index contributed by atoms with van der Waals surface area (Å²) in [6, 6.07) is 0. The van der Waals surface area contributed by atoms with Crippen molar-refractivity contribution in [2.24, 2.45) is 0 Å². The fourth-order valence-corrected chi connectivity index (χ4v) is 1.38. The zero-order valence-corrected chi connectivity index (χ0v) is 7.03. The Labute approximate surface area is 66.1 Å². The number of Topliss-reactive ketones (excluding diaryl/α,β-unsaturated/α-hetero) is 1. The molecule has 0 aliphatic heterocycles. The van der Waals surface area contributed by atoms with Gasteiger partial charge in [-0.2, -0.15) is 0 Å². The van der Waals surface area contributed by atoms with Crippen LogP contribution in [0.3, 0.4) is 0 Å². The van der Waals surface area contributed by atoms with Crippen molar-refractivity contribution >= 4 is 17.4 Å². The molecule has 0 bridgehead atoms. The molecule has 1 aliphatic carbocycles. The number of alkyl halides is 1. The topological polar surface area (TPSA) is 17.1 Å². The number of hydrogen-bond donors (Lipinski definition) is 0. The molecule has 1 nitrogen and oxygen atoms in total. The zero-order chi connectivity index (χ0) is 7.72. The van der Waals surface area contributed by atoms with E-state index in [1.165, 1.54) is 5.57 Å². The zero-order valence-electron chi connectivity index (χ0n) is 6.28. The van der Waals surface area contributed by atoms with Gasteiger partial charge in [0, 0.05) is 0 Å². The lowest BCUT2D eigenvalue weighted by atomic mass is 9.92. The standard InChI is InChI=1S/C8H11ClO/c1-5-3-4-7(9)8(10)6(5)2/h7H,3-4H2,1-2H3. The highest BCUT2D eigenvalue weighted by molar-refractivity contribution is 6.34. The van der Waals surface area contributed by atoms with Gasteiger partial charge in [-0.25, -0.2) is 0 Å². The predicted octanol–water partition coefficient (Wildman–Crippen LogP) is 2.29. The fourth-order valence-electron chi connectivity index (χ4n) is 1.11. The lowest BCUT2D eigenvalue weighted by Crippen LogP contribution is -2.20. The van der Waals surface area contributed by atoms with E-state index >= 15 is 0 Å². The molecule has 0 amide bonds. The van der Waals surface area contributed by atoms with Crippen molar-refractivity contribution in [3.63, 3.8) is 0 Å². The van der Waals surface area contributed by atoms with Gasteiger partial charge in [-0.1, -0.05) is 5.57 Å². The molecule has 0 spiro atoms. The molecule has 0 aromatic heterocycles. The van der Waals surface area contributed by atoms with Gasteiger partial charge in [0.15, 0.2) is 5.78 Å². The summed E-state index contributed by atoms with van der Waals surface area (Å²) in [7, 11) is 0. The van der Waals surface area contributed by atoms with E-state index in [9.17, 15) is 4.79 Å². The lowest BCUT2D eigenvalue weighted by Gasteiger charge is -2.17. The van der Waals surface area contributed by atoms with Crippen molar-refractivity contribution < 1.29 is 4.79 Å². The van der Waals surface area contributed by atoms with Gasteiger partial charge in [0.2, 0.25) is 0 Å². The Kier molecular flexibility index (Phi) is 2.14. The highest BCUT2D eigenvalue weighted by Gasteiger charge is 2.22. The minimum atomic E-state index is -0.260. The van der Waals surface area contributed by atoms with Crippen molar-refractivity contribution in [2.75, 3.05) is 0 Å². The van der Waals surface area contributed by atoms with Crippen molar-refractivity contribution in [3.05, 3.63) is 11.1 Å². The Morgan fingerprint density at radius 2 is 2.10 bits per heavy atom. The number of carbonyl (C=O) groups is 1. The monoisotopic (exact) mass is 158 g/mol. The molecule has 0 aromatic rings. The van der Waals surface area contributed by atoms with Gasteiger partial charge < -0.3 is 0 Å². The van der Waals surface area contributed by atoms with Crippen LogP contribution in [0.25, 0.3) is 0 Å². The molecular formula is C8H11ClO. The molecule has 0 saturated carbocycles. The van der Waals surface area contributed by atoms with Crippen LogP contribution in [0.4, 0.5) is 0 Å². The Morgan fingerprint density at radius 3 is 2.60 bits per heavy atom. The summed E-state index contributed by atoms with van der Waals surface area (Å²) in [5.41, 5.74) is 2.06. The smallest absolute Gasteiger partial charge is 0.176 e. The first kappa shape index (κ1) is 7.80. The first-order chi connectivity index (χ1) is 4.63. The third kappa shape index (κ3) is 1.24. The molecule has 0 radical (unpaired) electrons. The maximum atomic E-state index is 11.1. The number of allylic oxidation sites excluding steroid dienone is 2. The van der Waals surface area contributed by atoms with E-state index in [1.807, 2.05) is 13.8 Å². The fraction of sp³-hybridized carbons (Fsp3) is 0.625. The van der Waals surface area contributed by atoms with Crippen molar-refractivity contribution in [2.45, 2.75) is 32.1 Å². The Hall–Kier alpha value is -0.300. The molecule has 1 rings (SSSR count). The van der Waals surface area contributed by atoms with Crippen LogP contribution in [0.15, 0.2) is 11.1 Å². The second-order valence-electron chi connectivity index (χ2n) is 2.78. The highest BCUT2D eigenvalue weighted by Crippen LogP contribution is 2.24. The first-order valence-electron chi connectivity index (χ1n) is 3.47. The van der Waals surface area contributed by atoms with E-state index in [-0.39, 0.29) is 11.2 Å². The Bertz CT molecular complexity index is 193. The molecule has 1 aliphatic rings. The molecule has 2 heteroatoms. The number of carbonyl (C=O) groups excluding carboxylic acids is 1. The van der Waals surface area contributed by atoms with E-state index in [4.69, 9.17) is 11.6 Å². The van der Waals surface area contributed by atoms with Crippen LogP contribution >= 0.6 is 11.6 Å². The number of ketones is 1. The minimum Gasteiger partial charge on any atom is -0.293 e. The van der Waals surface area contributed by atoms with E-state index in [0.717, 1.165) is 18.4 Å². The quantitative estimate of drug-likeness (QED) is 0.495. The predicted molar refractivity (Wildman–Crippen MR) is 42.3 cm³/mol. The van der Waals surface area contributed by atoms with Gasteiger partial charge >= 0.3 is 0 Å². The van der Waals surface area contributed by atoms with E-state index in [1.54, 1.807) is 0 Å². The summed E-state index contributed by atoms with van der Waals surface area (Å²) in [6.45, 7) is 3.85. The molecule has 0 aromatic carbocycles. The van der Waals surface area contributed by atoms with Crippen molar-refractivity contribution in [1.82, 2.24) is 0 Å². The third-order valence-corrected chi connectivity index (χ3v) is 2.48. The second-order valence-corrected chi connectivity index (χ2v) is 3.30. The molecule has 56 valence electrons. The number of hydrogen-bond acceptors (Lipinski definition) is 1. The Morgan fingerprint density at radius 1 is 1.50 bits per heavy atom. The number of halogens is 1. The van der Waals surface area contributed by atoms with Crippen molar-refractivity contribution in [3.8, 4) is 0 Å². The van der Waals surface area contributed by atoms with Crippen LogP contribution in [0.5, 0.6) is 0 Å². The van der Waals surface area contributed by atoms with Gasteiger partial charge in [-0.05, 0) is 32.3 Å². The molecule has 0 N–H and O–H groups in total. The minimum absolute atomic E-state index is 0.116. The maximum Gasteiger partial charge on any atom is 0.176 e. The summed E-state index contributed by atoms with van der Waals surface area (Å²) in [5.74, 6) is 0.116. The molecule has 0 heterocycles. The van der Waals surface area contributed by atoms with Gasteiger partial charge in [0.1, 0.15) is 0 Å². The summed E-state index contributed by atoms with van der Waals surface area (Å²) in [5, 5.41) is -0.260. The first-order valence-corrected chi connectivity index (χ1v) is 3.91. The normalized spacial score (nSPS) is 27.5. The van der Waals surface area contributed by atoms with E-state index < -0.39 is 0 Å². The molecular weight excluding hydrogens is 148 g/mol. The van der Waals surface area contributed by atoms with Crippen LogP contribution in [0, 0.1) is 0 Å². The SMILES string of the molecule is CC1=C(C)C(=O)C(Cl)CC1. The largest absolute Gasteiger partial charge is 0.293 e.